The smallest absolute Gasteiger partial charge is 0.303 e. The molecule has 15 heavy (non-hydrogen) atoms. The second-order valence-corrected chi connectivity index (χ2v) is 3.20. The van der Waals surface area contributed by atoms with Gasteiger partial charge < -0.3 is 19.9 Å². The van der Waals surface area contributed by atoms with Crippen molar-refractivity contribution in [2.45, 2.75) is 26.0 Å². The summed E-state index contributed by atoms with van der Waals surface area (Å²) in [7, 11) is 0. The molecular formula is C10H15NO4. The van der Waals surface area contributed by atoms with Crippen LogP contribution < -0.4 is 5.32 Å². The van der Waals surface area contributed by atoms with Gasteiger partial charge in [-0.25, -0.2) is 0 Å². The minimum absolute atomic E-state index is 0.0982. The quantitative estimate of drug-likeness (QED) is 0.581. The van der Waals surface area contributed by atoms with Gasteiger partial charge in [0.25, 0.3) is 0 Å². The lowest BCUT2D eigenvalue weighted by Gasteiger charge is -2.00. The van der Waals surface area contributed by atoms with E-state index in [0.29, 0.717) is 25.3 Å². The summed E-state index contributed by atoms with van der Waals surface area (Å²) in [6.45, 7) is 1.10. The van der Waals surface area contributed by atoms with Crippen molar-refractivity contribution in [3.63, 3.8) is 0 Å². The molecule has 0 aliphatic carbocycles. The fourth-order valence-electron chi connectivity index (χ4n) is 1.18. The van der Waals surface area contributed by atoms with Crippen molar-refractivity contribution in [1.29, 1.82) is 0 Å². The molecule has 0 saturated carbocycles. The van der Waals surface area contributed by atoms with Crippen LogP contribution in [-0.4, -0.2) is 22.7 Å². The van der Waals surface area contributed by atoms with Crippen LogP contribution in [0, 0.1) is 0 Å². The zero-order valence-electron chi connectivity index (χ0n) is 8.40. The zero-order chi connectivity index (χ0) is 11.1. The molecule has 0 spiro atoms. The van der Waals surface area contributed by atoms with Crippen LogP contribution in [0.2, 0.25) is 0 Å². The molecule has 1 aromatic rings. The first-order valence-electron chi connectivity index (χ1n) is 4.83. The van der Waals surface area contributed by atoms with E-state index in [1.165, 1.54) is 0 Å². The molecule has 1 heterocycles. The zero-order valence-corrected chi connectivity index (χ0v) is 8.40. The predicted molar refractivity (Wildman–Crippen MR) is 53.2 cm³/mol. The highest BCUT2D eigenvalue weighted by Gasteiger charge is 2.00. The third-order valence-corrected chi connectivity index (χ3v) is 1.92. The molecule has 0 amide bonds. The maximum absolute atomic E-state index is 10.2. The largest absolute Gasteiger partial charge is 0.481 e. The van der Waals surface area contributed by atoms with E-state index in [2.05, 4.69) is 5.32 Å². The predicted octanol–water partition coefficient (Wildman–Crippen LogP) is 0.726. The minimum Gasteiger partial charge on any atom is -0.481 e. The first-order valence-corrected chi connectivity index (χ1v) is 4.83. The number of rotatable bonds is 7. The van der Waals surface area contributed by atoms with E-state index in [1.54, 1.807) is 12.1 Å². The Morgan fingerprint density at radius 1 is 1.40 bits per heavy atom. The highest BCUT2D eigenvalue weighted by molar-refractivity contribution is 5.66. The molecule has 5 nitrogen and oxygen atoms in total. The van der Waals surface area contributed by atoms with Crippen molar-refractivity contribution in [2.24, 2.45) is 0 Å². The van der Waals surface area contributed by atoms with Crippen LogP contribution in [0.15, 0.2) is 16.5 Å². The van der Waals surface area contributed by atoms with Crippen LogP contribution in [0.25, 0.3) is 0 Å². The lowest BCUT2D eigenvalue weighted by Crippen LogP contribution is -2.15. The van der Waals surface area contributed by atoms with Gasteiger partial charge in [-0.2, -0.15) is 0 Å². The highest BCUT2D eigenvalue weighted by atomic mass is 16.4. The Bertz CT molecular complexity index is 308. The van der Waals surface area contributed by atoms with Crippen LogP contribution in [0.4, 0.5) is 0 Å². The third kappa shape index (κ3) is 4.62. The standard InChI is InChI=1S/C10H15NO4/c12-7-9-4-3-8(15-9)6-11-5-1-2-10(13)14/h3-4,11-12H,1-2,5-7H2,(H,13,14). The van der Waals surface area contributed by atoms with Crippen LogP contribution in [0.5, 0.6) is 0 Å². The maximum Gasteiger partial charge on any atom is 0.303 e. The monoisotopic (exact) mass is 213 g/mol. The topological polar surface area (TPSA) is 82.7 Å². The number of carbonyl (C=O) groups is 1. The summed E-state index contributed by atoms with van der Waals surface area (Å²) in [4.78, 5) is 10.2. The van der Waals surface area contributed by atoms with Crippen molar-refractivity contribution in [2.75, 3.05) is 6.54 Å². The van der Waals surface area contributed by atoms with Gasteiger partial charge in [-0.15, -0.1) is 0 Å². The van der Waals surface area contributed by atoms with Crippen molar-refractivity contribution in [1.82, 2.24) is 5.32 Å². The first kappa shape index (κ1) is 11.7. The second kappa shape index (κ2) is 6.21. The summed E-state index contributed by atoms with van der Waals surface area (Å²) in [6, 6.07) is 3.50. The molecule has 0 radical (unpaired) electrons. The number of aliphatic carboxylic acids is 1. The van der Waals surface area contributed by atoms with Gasteiger partial charge in [0, 0.05) is 6.42 Å². The Morgan fingerprint density at radius 2 is 2.13 bits per heavy atom. The normalized spacial score (nSPS) is 10.5. The Kier molecular flexibility index (Phi) is 4.86. The van der Waals surface area contributed by atoms with Gasteiger partial charge in [-0.1, -0.05) is 0 Å². The van der Waals surface area contributed by atoms with E-state index in [0.717, 1.165) is 5.76 Å². The van der Waals surface area contributed by atoms with Gasteiger partial charge in [0.05, 0.1) is 6.54 Å². The van der Waals surface area contributed by atoms with Crippen LogP contribution >= 0.6 is 0 Å². The van der Waals surface area contributed by atoms with Gasteiger partial charge in [0.1, 0.15) is 18.1 Å². The molecule has 5 heteroatoms. The molecule has 0 unspecified atom stereocenters. The first-order chi connectivity index (χ1) is 7.22. The van der Waals surface area contributed by atoms with Crippen LogP contribution in [0.3, 0.4) is 0 Å². The summed E-state index contributed by atoms with van der Waals surface area (Å²) >= 11 is 0. The van der Waals surface area contributed by atoms with Crippen LogP contribution in [-0.2, 0) is 17.9 Å². The van der Waals surface area contributed by atoms with Gasteiger partial charge in [0.2, 0.25) is 0 Å². The number of nitrogens with one attached hydrogen (secondary N) is 1. The number of hydrogen-bond acceptors (Lipinski definition) is 4. The Hall–Kier alpha value is -1.33. The number of carboxylic acid groups (broad SMARTS) is 1. The number of hydrogen-bond donors (Lipinski definition) is 3. The Morgan fingerprint density at radius 3 is 2.73 bits per heavy atom. The van der Waals surface area contributed by atoms with E-state index in [4.69, 9.17) is 14.6 Å². The summed E-state index contributed by atoms with van der Waals surface area (Å²) in [6.07, 6.45) is 0.774. The molecule has 0 bridgehead atoms. The molecule has 1 rings (SSSR count). The molecular weight excluding hydrogens is 198 g/mol. The Labute approximate surface area is 87.7 Å². The fourth-order valence-corrected chi connectivity index (χ4v) is 1.18. The summed E-state index contributed by atoms with van der Waals surface area (Å²) in [5.41, 5.74) is 0. The number of furan rings is 1. The SMILES string of the molecule is O=C(O)CCCNCc1ccc(CO)o1. The van der Waals surface area contributed by atoms with E-state index >= 15 is 0 Å². The van der Waals surface area contributed by atoms with E-state index in [9.17, 15) is 4.79 Å². The minimum atomic E-state index is -0.780. The number of aliphatic hydroxyl groups excluding tert-OH is 1. The molecule has 0 aliphatic heterocycles. The van der Waals surface area contributed by atoms with E-state index < -0.39 is 5.97 Å². The van der Waals surface area contributed by atoms with Gasteiger partial charge in [-0.3, -0.25) is 4.79 Å². The lowest BCUT2D eigenvalue weighted by molar-refractivity contribution is -0.137. The molecule has 3 N–H and O–H groups in total. The molecule has 0 atom stereocenters. The van der Waals surface area contributed by atoms with E-state index in [1.807, 2.05) is 0 Å². The van der Waals surface area contributed by atoms with Gasteiger partial charge in [0.15, 0.2) is 0 Å². The van der Waals surface area contributed by atoms with Crippen molar-refractivity contribution in [3.05, 3.63) is 23.7 Å². The van der Waals surface area contributed by atoms with Gasteiger partial charge >= 0.3 is 5.97 Å². The highest BCUT2D eigenvalue weighted by Crippen LogP contribution is 2.06. The van der Waals surface area contributed by atoms with Crippen molar-refractivity contribution in [3.8, 4) is 0 Å². The van der Waals surface area contributed by atoms with Crippen LogP contribution in [0.1, 0.15) is 24.4 Å². The maximum atomic E-state index is 10.2. The second-order valence-electron chi connectivity index (χ2n) is 3.20. The summed E-state index contributed by atoms with van der Waals surface area (Å²) < 4.78 is 5.23. The number of carboxylic acids is 1. The lowest BCUT2D eigenvalue weighted by atomic mass is 10.3. The third-order valence-electron chi connectivity index (χ3n) is 1.92. The van der Waals surface area contributed by atoms with Crippen molar-refractivity contribution >= 4 is 5.97 Å². The molecule has 0 fully saturated rings. The molecule has 1 aromatic heterocycles. The van der Waals surface area contributed by atoms with Crippen molar-refractivity contribution < 1.29 is 19.4 Å². The molecule has 84 valence electrons. The fraction of sp³-hybridized carbons (Fsp3) is 0.500. The summed E-state index contributed by atoms with van der Waals surface area (Å²) in [5, 5.41) is 20.2. The molecule has 0 aromatic carbocycles. The van der Waals surface area contributed by atoms with Gasteiger partial charge in [-0.05, 0) is 25.1 Å². The number of aliphatic hydroxyl groups is 1. The molecule has 0 aliphatic rings. The average molecular weight is 213 g/mol. The molecule has 0 saturated heterocycles. The summed E-state index contributed by atoms with van der Waals surface area (Å²) in [5.74, 6) is 0.504. The van der Waals surface area contributed by atoms with E-state index in [-0.39, 0.29) is 13.0 Å². The average Bonchev–Trinajstić information content (AvgIpc) is 2.65. The Balaban J connectivity index is 2.12.